The Morgan fingerprint density at radius 3 is 2.64 bits per heavy atom. The van der Waals surface area contributed by atoms with Crippen molar-refractivity contribution in [2.24, 2.45) is 11.3 Å². The minimum Gasteiger partial charge on any atom is -0.504 e. The summed E-state index contributed by atoms with van der Waals surface area (Å²) < 4.78 is 44.1. The largest absolute Gasteiger partial charge is 0.504 e. The van der Waals surface area contributed by atoms with E-state index >= 15 is 0 Å². The van der Waals surface area contributed by atoms with Crippen molar-refractivity contribution in [1.82, 2.24) is 10.2 Å². The Hall–Kier alpha value is -2.74. The highest BCUT2D eigenvalue weighted by Crippen LogP contribution is 2.59. The number of nitrogens with one attached hydrogen (secondary N) is 1. The van der Waals surface area contributed by atoms with Crippen LogP contribution in [0.2, 0.25) is 0 Å². The molecule has 5 nitrogen and oxygen atoms in total. The first-order valence-corrected chi connectivity index (χ1v) is 11.3. The van der Waals surface area contributed by atoms with Gasteiger partial charge < -0.3 is 15.2 Å². The molecule has 1 saturated heterocycles. The average molecular weight is 463 g/mol. The Morgan fingerprint density at radius 1 is 1.18 bits per heavy atom. The van der Waals surface area contributed by atoms with Crippen LogP contribution in [-0.4, -0.2) is 35.6 Å². The number of alkyl halides is 3. The first kappa shape index (κ1) is 23.4. The number of hydrogen-bond donors (Lipinski definition) is 2. The lowest BCUT2D eigenvalue weighted by molar-refractivity contribution is -0.137. The number of phenols is 1. The van der Waals surface area contributed by atoms with Gasteiger partial charge in [0.1, 0.15) is 0 Å². The van der Waals surface area contributed by atoms with Crippen molar-refractivity contribution in [1.29, 1.82) is 0 Å². The molecule has 1 aliphatic carbocycles. The third-order valence-electron chi connectivity index (χ3n) is 6.81. The summed E-state index contributed by atoms with van der Waals surface area (Å²) in [4.78, 5) is 15.0. The lowest BCUT2D eigenvalue weighted by Crippen LogP contribution is -2.36. The molecule has 1 spiro atoms. The van der Waals surface area contributed by atoms with Crippen molar-refractivity contribution in [3.63, 3.8) is 0 Å². The van der Waals surface area contributed by atoms with Gasteiger partial charge in [0.25, 0.3) is 0 Å². The normalized spacial score (nSPS) is 19.9. The van der Waals surface area contributed by atoms with Crippen LogP contribution in [0.1, 0.15) is 42.9 Å². The number of piperidine rings is 1. The summed E-state index contributed by atoms with van der Waals surface area (Å²) >= 11 is 0. The number of amides is 1. The summed E-state index contributed by atoms with van der Waals surface area (Å²) in [5.74, 6) is 0.489. The number of phenolic OH excluding ortho intramolecular Hbond substituents is 1. The molecule has 1 atom stereocenters. The van der Waals surface area contributed by atoms with Crippen molar-refractivity contribution < 1.29 is 27.8 Å². The van der Waals surface area contributed by atoms with Gasteiger partial charge in [0.2, 0.25) is 5.91 Å². The zero-order chi connectivity index (χ0) is 23.6. The van der Waals surface area contributed by atoms with E-state index in [0.29, 0.717) is 17.9 Å². The number of likely N-dealkylation sites (tertiary alicyclic amines) is 1. The maximum Gasteiger partial charge on any atom is 0.416 e. The van der Waals surface area contributed by atoms with Crippen LogP contribution in [0.3, 0.4) is 0 Å². The second-order valence-corrected chi connectivity index (χ2v) is 9.05. The highest BCUT2D eigenvalue weighted by molar-refractivity contribution is 5.82. The van der Waals surface area contributed by atoms with Gasteiger partial charge in [-0.25, -0.2) is 0 Å². The van der Waals surface area contributed by atoms with Crippen molar-refractivity contribution in [3.05, 3.63) is 59.2 Å². The van der Waals surface area contributed by atoms with Crippen LogP contribution in [0, 0.1) is 11.3 Å². The molecule has 0 unspecified atom stereocenters. The fourth-order valence-electron chi connectivity index (χ4n) is 4.78. The van der Waals surface area contributed by atoms with Gasteiger partial charge in [-0.3, -0.25) is 9.69 Å². The first-order chi connectivity index (χ1) is 15.7. The third-order valence-corrected chi connectivity index (χ3v) is 6.81. The topological polar surface area (TPSA) is 61.8 Å². The third kappa shape index (κ3) is 5.43. The number of hydrogen-bond acceptors (Lipinski definition) is 4. The second-order valence-electron chi connectivity index (χ2n) is 9.05. The first-order valence-electron chi connectivity index (χ1n) is 11.3. The van der Waals surface area contributed by atoms with Crippen molar-refractivity contribution in [3.8, 4) is 11.5 Å². The fourth-order valence-corrected chi connectivity index (χ4v) is 4.78. The zero-order valence-electron chi connectivity index (χ0n) is 18.6. The number of halogens is 3. The molecule has 2 aliphatic rings. The molecule has 1 amide bonds. The molecule has 1 heterocycles. The van der Waals surface area contributed by atoms with Crippen LogP contribution in [0.15, 0.2) is 42.5 Å². The molecule has 2 fully saturated rings. The highest BCUT2D eigenvalue weighted by atomic mass is 19.4. The van der Waals surface area contributed by atoms with Crippen LogP contribution >= 0.6 is 0 Å². The van der Waals surface area contributed by atoms with E-state index < -0.39 is 11.7 Å². The number of benzene rings is 2. The minimum atomic E-state index is -4.39. The molecule has 8 heteroatoms. The maximum absolute atomic E-state index is 12.9. The molecule has 33 heavy (non-hydrogen) atoms. The Bertz CT molecular complexity index is 1000. The Morgan fingerprint density at radius 2 is 1.94 bits per heavy atom. The standard InChI is InChI=1S/C25H29F3N2O3/c1-2-33-22-13-18(6-7-21(22)31)16-30-10-8-24(9-11-30)14-20(24)23(32)29-15-17-4-3-5-19(12-17)25(26,27)28/h3-7,12-13,20,31H,2,8-11,14-16H2,1H3,(H,29,32)/t20-/m1/s1. The van der Waals surface area contributed by atoms with Crippen LogP contribution in [0.4, 0.5) is 13.2 Å². The molecule has 4 rings (SSSR count). The molecule has 0 bridgehead atoms. The molecular formula is C25H29F3N2O3. The molecule has 0 radical (unpaired) electrons. The number of carbonyl (C=O) groups excluding carboxylic acids is 1. The number of carbonyl (C=O) groups is 1. The summed E-state index contributed by atoms with van der Waals surface area (Å²) in [5, 5.41) is 12.7. The van der Waals surface area contributed by atoms with Crippen LogP contribution in [0.5, 0.6) is 11.5 Å². The van der Waals surface area contributed by atoms with Crippen molar-refractivity contribution >= 4 is 5.91 Å². The monoisotopic (exact) mass is 462 g/mol. The van der Waals surface area contributed by atoms with Crippen LogP contribution < -0.4 is 10.1 Å². The van der Waals surface area contributed by atoms with Gasteiger partial charge in [-0.1, -0.05) is 18.2 Å². The van der Waals surface area contributed by atoms with E-state index in [1.165, 1.54) is 6.07 Å². The van der Waals surface area contributed by atoms with Gasteiger partial charge in [-0.05, 0) is 80.1 Å². The summed E-state index contributed by atoms with van der Waals surface area (Å²) in [7, 11) is 0. The molecule has 0 aromatic heterocycles. The molecule has 2 N–H and O–H groups in total. The molecule has 178 valence electrons. The lowest BCUT2D eigenvalue weighted by atomic mass is 9.90. The quantitative estimate of drug-likeness (QED) is 0.625. The van der Waals surface area contributed by atoms with Crippen molar-refractivity contribution in [2.45, 2.75) is 45.5 Å². The van der Waals surface area contributed by atoms with E-state index in [2.05, 4.69) is 10.2 Å². The Balaban J connectivity index is 1.26. The number of rotatable bonds is 7. The van der Waals surface area contributed by atoms with E-state index in [9.17, 15) is 23.1 Å². The number of aromatic hydroxyl groups is 1. The van der Waals surface area contributed by atoms with E-state index in [-0.39, 0.29) is 29.5 Å². The second kappa shape index (κ2) is 9.25. The maximum atomic E-state index is 12.9. The summed E-state index contributed by atoms with van der Waals surface area (Å²) in [5.41, 5.74) is 0.827. The van der Waals surface area contributed by atoms with Gasteiger partial charge in [0.15, 0.2) is 11.5 Å². The van der Waals surface area contributed by atoms with E-state index in [0.717, 1.165) is 56.6 Å². The highest BCUT2D eigenvalue weighted by Gasteiger charge is 2.58. The number of ether oxygens (including phenoxy) is 1. The Kier molecular flexibility index (Phi) is 6.56. The van der Waals surface area contributed by atoms with Gasteiger partial charge in [0, 0.05) is 19.0 Å². The van der Waals surface area contributed by atoms with E-state index in [1.807, 2.05) is 19.1 Å². The van der Waals surface area contributed by atoms with Gasteiger partial charge in [-0.15, -0.1) is 0 Å². The molecule has 1 aliphatic heterocycles. The Labute approximate surface area is 191 Å². The van der Waals surface area contributed by atoms with E-state index in [1.54, 1.807) is 12.1 Å². The summed E-state index contributed by atoms with van der Waals surface area (Å²) in [6, 6.07) is 10.5. The van der Waals surface area contributed by atoms with Gasteiger partial charge in [-0.2, -0.15) is 13.2 Å². The minimum absolute atomic E-state index is 0.0137. The predicted molar refractivity (Wildman–Crippen MR) is 118 cm³/mol. The number of nitrogens with zero attached hydrogens (tertiary/aromatic N) is 1. The van der Waals surface area contributed by atoms with Crippen LogP contribution in [0.25, 0.3) is 0 Å². The molecule has 2 aromatic carbocycles. The fraction of sp³-hybridized carbons (Fsp3) is 0.480. The average Bonchev–Trinajstić information content (AvgIpc) is 3.49. The predicted octanol–water partition coefficient (Wildman–Crippen LogP) is 4.73. The SMILES string of the molecule is CCOc1cc(CN2CCC3(CC2)C[C@@H]3C(=O)NCc2cccc(C(F)(F)F)c2)ccc1O. The molecule has 2 aromatic rings. The smallest absolute Gasteiger partial charge is 0.416 e. The zero-order valence-corrected chi connectivity index (χ0v) is 18.6. The molecular weight excluding hydrogens is 433 g/mol. The molecule has 1 saturated carbocycles. The van der Waals surface area contributed by atoms with Gasteiger partial charge >= 0.3 is 6.18 Å². The summed E-state index contributed by atoms with van der Waals surface area (Å²) in [6.07, 6.45) is -1.71. The van der Waals surface area contributed by atoms with Gasteiger partial charge in [0.05, 0.1) is 12.2 Å². The summed E-state index contributed by atoms with van der Waals surface area (Å²) in [6.45, 7) is 4.97. The van der Waals surface area contributed by atoms with E-state index in [4.69, 9.17) is 4.74 Å². The lowest BCUT2D eigenvalue weighted by Gasteiger charge is -2.33. The van der Waals surface area contributed by atoms with Crippen LogP contribution in [-0.2, 0) is 24.1 Å². The van der Waals surface area contributed by atoms with Crippen molar-refractivity contribution in [2.75, 3.05) is 19.7 Å².